The van der Waals surface area contributed by atoms with Gasteiger partial charge in [-0.05, 0) is 59.8 Å². The van der Waals surface area contributed by atoms with E-state index in [4.69, 9.17) is 16.3 Å². The number of carbonyl (C=O) groups excluding carboxylic acids is 2. The van der Waals surface area contributed by atoms with Crippen molar-refractivity contribution in [3.8, 4) is 11.5 Å². The highest BCUT2D eigenvalue weighted by Crippen LogP contribution is 2.41. The van der Waals surface area contributed by atoms with Gasteiger partial charge >= 0.3 is 11.9 Å². The van der Waals surface area contributed by atoms with Crippen LogP contribution in [0.15, 0.2) is 70.0 Å². The van der Waals surface area contributed by atoms with Crippen LogP contribution in [0.25, 0.3) is 6.08 Å². The van der Waals surface area contributed by atoms with Crippen molar-refractivity contribution in [1.29, 1.82) is 0 Å². The molecule has 0 atom stereocenters. The van der Waals surface area contributed by atoms with Gasteiger partial charge in [-0.1, -0.05) is 45.7 Å². The lowest BCUT2D eigenvalue weighted by atomic mass is 10.1. The van der Waals surface area contributed by atoms with Gasteiger partial charge in [0.1, 0.15) is 5.75 Å². The first-order chi connectivity index (χ1) is 17.4. The van der Waals surface area contributed by atoms with E-state index in [1.807, 2.05) is 0 Å². The van der Waals surface area contributed by atoms with Crippen molar-refractivity contribution in [2.45, 2.75) is 12.7 Å². The van der Waals surface area contributed by atoms with Crippen LogP contribution < -0.4 is 4.74 Å². The zero-order valence-corrected chi connectivity index (χ0v) is 21.5. The van der Waals surface area contributed by atoms with Crippen LogP contribution in [0.5, 0.6) is 11.5 Å². The second kappa shape index (κ2) is 10.6. The highest BCUT2D eigenvalue weighted by Gasteiger charge is 2.36. The zero-order valence-electron chi connectivity index (χ0n) is 18.3. The predicted octanol–water partition coefficient (Wildman–Crippen LogP) is 8.06. The van der Waals surface area contributed by atoms with E-state index >= 15 is 0 Å². The van der Waals surface area contributed by atoms with Crippen LogP contribution in [0.4, 0.5) is 23.7 Å². The van der Waals surface area contributed by atoms with Crippen molar-refractivity contribution in [1.82, 2.24) is 4.90 Å². The third kappa shape index (κ3) is 5.97. The van der Waals surface area contributed by atoms with Crippen LogP contribution in [0.3, 0.4) is 0 Å². The molecule has 0 radical (unpaired) electrons. The van der Waals surface area contributed by atoms with Crippen LogP contribution >= 0.6 is 39.3 Å². The molecule has 1 fully saturated rings. The van der Waals surface area contributed by atoms with Gasteiger partial charge in [-0.3, -0.25) is 24.6 Å². The number of nitrogens with zero attached hydrogens (tertiary/aromatic N) is 2. The van der Waals surface area contributed by atoms with E-state index in [1.165, 1.54) is 18.2 Å². The zero-order chi connectivity index (χ0) is 26.9. The van der Waals surface area contributed by atoms with E-state index in [9.17, 15) is 32.9 Å². The highest BCUT2D eigenvalue weighted by molar-refractivity contribution is 9.10. The molecule has 0 N–H and O–H groups in total. The third-order valence-electron chi connectivity index (χ3n) is 5.12. The fourth-order valence-corrected chi connectivity index (χ4v) is 4.74. The minimum absolute atomic E-state index is 0.0176. The van der Waals surface area contributed by atoms with Gasteiger partial charge in [0, 0.05) is 21.1 Å². The molecule has 1 aliphatic heterocycles. The van der Waals surface area contributed by atoms with Crippen molar-refractivity contribution in [2.24, 2.45) is 0 Å². The Balaban J connectivity index is 1.67. The van der Waals surface area contributed by atoms with Crippen LogP contribution in [0.2, 0.25) is 5.02 Å². The molecule has 4 rings (SSSR count). The van der Waals surface area contributed by atoms with E-state index in [0.717, 1.165) is 11.0 Å². The molecule has 3 aromatic carbocycles. The van der Waals surface area contributed by atoms with E-state index in [1.54, 1.807) is 30.3 Å². The van der Waals surface area contributed by atoms with Crippen molar-refractivity contribution in [3.05, 3.63) is 102 Å². The number of nitro benzene ring substituents is 1. The summed E-state index contributed by atoms with van der Waals surface area (Å²) >= 11 is 10.1. The maximum absolute atomic E-state index is 13.0. The molecule has 3 aromatic rings. The van der Waals surface area contributed by atoms with Gasteiger partial charge in [0.2, 0.25) is 5.75 Å². The first-order valence-corrected chi connectivity index (χ1v) is 12.2. The monoisotopic (exact) mass is 612 g/mol. The van der Waals surface area contributed by atoms with Gasteiger partial charge in [0.25, 0.3) is 11.1 Å². The van der Waals surface area contributed by atoms with Crippen LogP contribution in [-0.2, 0) is 17.5 Å². The van der Waals surface area contributed by atoms with Crippen LogP contribution in [0, 0.1) is 10.1 Å². The van der Waals surface area contributed by atoms with Crippen molar-refractivity contribution < 1.29 is 32.4 Å². The fourth-order valence-electron chi connectivity index (χ4n) is 3.34. The number of rotatable bonds is 6. The third-order valence-corrected chi connectivity index (χ3v) is 6.89. The second-order valence-electron chi connectivity index (χ2n) is 7.58. The lowest BCUT2D eigenvalue weighted by molar-refractivity contribution is -0.385. The number of amides is 2. The van der Waals surface area contributed by atoms with Gasteiger partial charge in [0.05, 0.1) is 21.9 Å². The number of benzene rings is 3. The molecule has 0 spiro atoms. The lowest BCUT2D eigenvalue weighted by Gasteiger charge is -2.13. The van der Waals surface area contributed by atoms with E-state index in [-0.39, 0.29) is 22.8 Å². The molecule has 2 amide bonds. The Kier molecular flexibility index (Phi) is 7.62. The largest absolute Gasteiger partial charge is 0.449 e. The Hall–Kier alpha value is -3.35. The Morgan fingerprint density at radius 1 is 1.08 bits per heavy atom. The molecule has 1 saturated heterocycles. The number of ether oxygens (including phenoxy) is 1. The molecule has 37 heavy (non-hydrogen) atoms. The second-order valence-corrected chi connectivity index (χ2v) is 9.90. The SMILES string of the molecule is O=C1S/C(=C/c2cc(Br)ccc2Oc2ccc(C(F)(F)F)cc2[N+](=O)[O-])C(=O)N1Cc1ccccc1Cl. The molecular weight excluding hydrogens is 601 g/mol. The summed E-state index contributed by atoms with van der Waals surface area (Å²) in [5.41, 5.74) is -1.25. The number of hydrogen-bond acceptors (Lipinski definition) is 6. The van der Waals surface area contributed by atoms with Gasteiger partial charge in [-0.2, -0.15) is 13.2 Å². The van der Waals surface area contributed by atoms with Crippen LogP contribution in [-0.4, -0.2) is 21.0 Å². The molecule has 0 unspecified atom stereocenters. The Bertz CT molecular complexity index is 1460. The number of imide groups is 1. The summed E-state index contributed by atoms with van der Waals surface area (Å²) in [5.74, 6) is -0.993. The molecule has 13 heteroatoms. The molecular formula is C24H13BrClF3N2O5S. The first-order valence-electron chi connectivity index (χ1n) is 10.3. The minimum Gasteiger partial charge on any atom is -0.449 e. The smallest absolute Gasteiger partial charge is 0.416 e. The fraction of sp³-hybridized carbons (Fsp3) is 0.0833. The molecule has 1 aliphatic rings. The molecule has 1 heterocycles. The number of alkyl halides is 3. The number of nitro groups is 1. The predicted molar refractivity (Wildman–Crippen MR) is 135 cm³/mol. The summed E-state index contributed by atoms with van der Waals surface area (Å²) < 4.78 is 45.3. The van der Waals surface area contributed by atoms with E-state index in [2.05, 4.69) is 15.9 Å². The summed E-state index contributed by atoms with van der Waals surface area (Å²) in [6.45, 7) is -0.0404. The Morgan fingerprint density at radius 2 is 1.78 bits per heavy atom. The number of thioether (sulfide) groups is 1. The number of carbonyl (C=O) groups is 2. The normalized spacial score (nSPS) is 14.9. The number of halogens is 5. The average molecular weight is 614 g/mol. The summed E-state index contributed by atoms with van der Waals surface area (Å²) in [4.78, 5) is 37.1. The summed E-state index contributed by atoms with van der Waals surface area (Å²) in [6, 6.07) is 13.2. The molecule has 7 nitrogen and oxygen atoms in total. The quantitative estimate of drug-likeness (QED) is 0.159. The van der Waals surface area contributed by atoms with Crippen molar-refractivity contribution in [2.75, 3.05) is 0 Å². The average Bonchev–Trinajstić information content (AvgIpc) is 3.08. The van der Waals surface area contributed by atoms with E-state index < -0.39 is 39.2 Å². The molecule has 0 aromatic heterocycles. The van der Waals surface area contributed by atoms with Crippen molar-refractivity contribution in [3.63, 3.8) is 0 Å². The van der Waals surface area contributed by atoms with Gasteiger partial charge in [0.15, 0.2) is 0 Å². The van der Waals surface area contributed by atoms with Crippen LogP contribution in [0.1, 0.15) is 16.7 Å². The molecule has 0 bridgehead atoms. The maximum atomic E-state index is 13.0. The Morgan fingerprint density at radius 3 is 2.46 bits per heavy atom. The molecule has 190 valence electrons. The number of hydrogen-bond donors (Lipinski definition) is 0. The molecule has 0 aliphatic carbocycles. The highest BCUT2D eigenvalue weighted by atomic mass is 79.9. The summed E-state index contributed by atoms with van der Waals surface area (Å²) in [6.07, 6.45) is -3.41. The Labute approximate surface area is 225 Å². The van der Waals surface area contributed by atoms with Gasteiger partial charge < -0.3 is 4.74 Å². The first kappa shape index (κ1) is 26.7. The maximum Gasteiger partial charge on any atom is 0.416 e. The minimum atomic E-state index is -4.78. The summed E-state index contributed by atoms with van der Waals surface area (Å²) in [7, 11) is 0. The van der Waals surface area contributed by atoms with E-state index in [0.29, 0.717) is 39.0 Å². The van der Waals surface area contributed by atoms with Gasteiger partial charge in [-0.15, -0.1) is 0 Å². The summed E-state index contributed by atoms with van der Waals surface area (Å²) in [5, 5.41) is 11.3. The topological polar surface area (TPSA) is 89.7 Å². The van der Waals surface area contributed by atoms with Crippen molar-refractivity contribution >= 4 is 62.2 Å². The lowest BCUT2D eigenvalue weighted by Crippen LogP contribution is -2.27. The standard InChI is InChI=1S/C24H13BrClF3N2O5S/c25-16-6-8-19(36-20-7-5-15(24(27,28)29)11-18(20)31(34)35)14(9-16)10-21-22(32)30(23(33)37-21)12-13-3-1-2-4-17(13)26/h1-11H,12H2/b21-10+. The molecule has 0 saturated carbocycles. The van der Waals surface area contributed by atoms with Gasteiger partial charge in [-0.25, -0.2) is 0 Å².